The predicted molar refractivity (Wildman–Crippen MR) is 82.9 cm³/mol. The van der Waals surface area contributed by atoms with E-state index in [1.165, 1.54) is 20.0 Å². The number of benzene rings is 1. The van der Waals surface area contributed by atoms with Gasteiger partial charge in [-0.3, -0.25) is 4.90 Å². The Labute approximate surface area is 131 Å². The van der Waals surface area contributed by atoms with Gasteiger partial charge in [0.2, 0.25) is 10.0 Å². The lowest BCUT2D eigenvalue weighted by atomic mass is 10.3. The molecule has 3 rings (SSSR count). The van der Waals surface area contributed by atoms with Gasteiger partial charge in [-0.1, -0.05) is 0 Å². The quantitative estimate of drug-likeness (QED) is 0.813. The first kappa shape index (κ1) is 15.6. The molecule has 0 amide bonds. The highest BCUT2D eigenvalue weighted by atomic mass is 32.2. The van der Waals surface area contributed by atoms with Gasteiger partial charge in [0.15, 0.2) is 0 Å². The van der Waals surface area contributed by atoms with Gasteiger partial charge in [0.05, 0.1) is 14.2 Å². The van der Waals surface area contributed by atoms with Gasteiger partial charge >= 0.3 is 0 Å². The molecule has 2 aliphatic rings. The van der Waals surface area contributed by atoms with Crippen molar-refractivity contribution in [1.29, 1.82) is 0 Å². The molecule has 0 unspecified atom stereocenters. The van der Waals surface area contributed by atoms with E-state index in [-0.39, 0.29) is 4.90 Å². The van der Waals surface area contributed by atoms with Gasteiger partial charge in [0, 0.05) is 38.3 Å². The average molecular weight is 326 g/mol. The number of hydrogen-bond acceptors (Lipinski definition) is 5. The number of hydrogen-bond donors (Lipinski definition) is 0. The van der Waals surface area contributed by atoms with E-state index in [4.69, 9.17) is 9.47 Å². The minimum absolute atomic E-state index is 0.204. The Balaban J connectivity index is 1.80. The normalized spacial score (nSPS) is 20.8. The van der Waals surface area contributed by atoms with Crippen molar-refractivity contribution in [2.24, 2.45) is 0 Å². The summed E-state index contributed by atoms with van der Waals surface area (Å²) < 4.78 is 37.6. The highest BCUT2D eigenvalue weighted by molar-refractivity contribution is 7.89. The molecule has 0 aromatic heterocycles. The second-order valence-corrected chi connectivity index (χ2v) is 7.59. The summed E-state index contributed by atoms with van der Waals surface area (Å²) in [4.78, 5) is 2.59. The second kappa shape index (κ2) is 6.06. The topological polar surface area (TPSA) is 59.1 Å². The van der Waals surface area contributed by atoms with Crippen LogP contribution in [0.3, 0.4) is 0 Å². The maximum atomic E-state index is 12.8. The third kappa shape index (κ3) is 2.93. The van der Waals surface area contributed by atoms with Crippen molar-refractivity contribution < 1.29 is 17.9 Å². The van der Waals surface area contributed by atoms with Crippen molar-refractivity contribution in [3.63, 3.8) is 0 Å². The van der Waals surface area contributed by atoms with Crippen molar-refractivity contribution in [2.45, 2.75) is 23.8 Å². The van der Waals surface area contributed by atoms with Crippen molar-refractivity contribution in [1.82, 2.24) is 9.21 Å². The molecule has 1 aliphatic carbocycles. The summed E-state index contributed by atoms with van der Waals surface area (Å²) >= 11 is 0. The van der Waals surface area contributed by atoms with E-state index < -0.39 is 10.0 Å². The van der Waals surface area contributed by atoms with Crippen LogP contribution in [0.15, 0.2) is 23.1 Å². The van der Waals surface area contributed by atoms with E-state index in [1.807, 2.05) is 0 Å². The number of ether oxygens (including phenoxy) is 2. The molecular formula is C15H22N2O4S. The van der Waals surface area contributed by atoms with Crippen molar-refractivity contribution in [3.8, 4) is 11.5 Å². The molecule has 0 atom stereocenters. The number of sulfonamides is 1. The number of piperazine rings is 1. The lowest BCUT2D eigenvalue weighted by molar-refractivity contribution is 0.180. The Morgan fingerprint density at radius 2 is 1.73 bits per heavy atom. The molecule has 1 aromatic rings. The Bertz CT molecular complexity index is 635. The van der Waals surface area contributed by atoms with E-state index in [0.29, 0.717) is 30.6 Å². The first-order chi connectivity index (χ1) is 10.6. The molecule has 0 spiro atoms. The van der Waals surface area contributed by atoms with E-state index in [9.17, 15) is 8.42 Å². The van der Waals surface area contributed by atoms with Crippen molar-refractivity contribution >= 4 is 10.0 Å². The van der Waals surface area contributed by atoms with Crippen molar-refractivity contribution in [2.75, 3.05) is 40.4 Å². The molecule has 7 heteroatoms. The first-order valence-corrected chi connectivity index (χ1v) is 8.96. The minimum atomic E-state index is -3.53. The number of nitrogens with zero attached hydrogens (tertiary/aromatic N) is 2. The summed E-state index contributed by atoms with van der Waals surface area (Å²) in [5.74, 6) is 0.901. The molecule has 1 aliphatic heterocycles. The summed E-state index contributed by atoms with van der Waals surface area (Å²) in [6, 6.07) is 5.49. The standard InChI is InChI=1S/C15H22N2O4S/c1-20-13-5-6-15(14(11-13)21-2)22(18,19)17-9-7-16(8-10-17)12-3-4-12/h5-6,11-12H,3-4,7-10H2,1-2H3. The fraction of sp³-hybridized carbons (Fsp3) is 0.600. The monoisotopic (exact) mass is 326 g/mol. The largest absolute Gasteiger partial charge is 0.497 e. The SMILES string of the molecule is COc1ccc(S(=O)(=O)N2CCN(C3CC3)CC2)c(OC)c1. The molecule has 2 fully saturated rings. The Morgan fingerprint density at radius 1 is 1.05 bits per heavy atom. The van der Waals surface area contributed by atoms with Crippen LogP contribution in [-0.2, 0) is 10.0 Å². The van der Waals surface area contributed by atoms with Crippen LogP contribution in [0, 0.1) is 0 Å². The maximum Gasteiger partial charge on any atom is 0.246 e. The zero-order chi connectivity index (χ0) is 15.7. The molecule has 22 heavy (non-hydrogen) atoms. The minimum Gasteiger partial charge on any atom is -0.497 e. The average Bonchev–Trinajstić information content (AvgIpc) is 3.39. The van der Waals surface area contributed by atoms with Crippen LogP contribution in [0.2, 0.25) is 0 Å². The fourth-order valence-electron chi connectivity index (χ4n) is 2.88. The Hall–Kier alpha value is -1.31. The highest BCUT2D eigenvalue weighted by Gasteiger charge is 2.35. The zero-order valence-electron chi connectivity index (χ0n) is 13.0. The molecule has 1 saturated heterocycles. The van der Waals surface area contributed by atoms with Crippen LogP contribution < -0.4 is 9.47 Å². The van der Waals surface area contributed by atoms with Gasteiger partial charge < -0.3 is 9.47 Å². The van der Waals surface area contributed by atoms with Gasteiger partial charge in [-0.15, -0.1) is 0 Å². The highest BCUT2D eigenvalue weighted by Crippen LogP contribution is 2.32. The molecule has 0 radical (unpaired) electrons. The van der Waals surface area contributed by atoms with E-state index in [0.717, 1.165) is 13.1 Å². The molecule has 122 valence electrons. The van der Waals surface area contributed by atoms with E-state index in [2.05, 4.69) is 4.90 Å². The molecule has 1 heterocycles. The molecule has 1 saturated carbocycles. The van der Waals surface area contributed by atoms with Gasteiger partial charge in [0.25, 0.3) is 0 Å². The smallest absolute Gasteiger partial charge is 0.246 e. The summed E-state index contributed by atoms with van der Waals surface area (Å²) in [6.45, 7) is 2.69. The summed E-state index contributed by atoms with van der Waals surface area (Å²) in [7, 11) is -0.520. The van der Waals surface area contributed by atoms with Crippen LogP contribution in [0.5, 0.6) is 11.5 Å². The number of methoxy groups -OCH3 is 2. The molecule has 6 nitrogen and oxygen atoms in total. The number of rotatable bonds is 5. The van der Waals surface area contributed by atoms with Crippen LogP contribution >= 0.6 is 0 Å². The van der Waals surface area contributed by atoms with E-state index in [1.54, 1.807) is 29.6 Å². The maximum absolute atomic E-state index is 12.8. The first-order valence-electron chi connectivity index (χ1n) is 7.52. The second-order valence-electron chi connectivity index (χ2n) is 5.69. The molecule has 0 N–H and O–H groups in total. The fourth-order valence-corrected chi connectivity index (χ4v) is 4.43. The summed E-state index contributed by atoms with van der Waals surface area (Å²) in [5.41, 5.74) is 0. The lowest BCUT2D eigenvalue weighted by Crippen LogP contribution is -2.49. The molecule has 0 bridgehead atoms. The van der Waals surface area contributed by atoms with Gasteiger partial charge in [-0.05, 0) is 25.0 Å². The van der Waals surface area contributed by atoms with Crippen molar-refractivity contribution in [3.05, 3.63) is 18.2 Å². The van der Waals surface area contributed by atoms with Gasteiger partial charge in [-0.2, -0.15) is 4.31 Å². The van der Waals surface area contributed by atoms with Gasteiger partial charge in [-0.25, -0.2) is 8.42 Å². The lowest BCUT2D eigenvalue weighted by Gasteiger charge is -2.34. The zero-order valence-corrected chi connectivity index (χ0v) is 13.8. The Morgan fingerprint density at radius 3 is 2.27 bits per heavy atom. The van der Waals surface area contributed by atoms with Crippen LogP contribution in [0.25, 0.3) is 0 Å². The van der Waals surface area contributed by atoms with E-state index >= 15 is 0 Å². The van der Waals surface area contributed by atoms with Gasteiger partial charge in [0.1, 0.15) is 16.4 Å². The molecule has 1 aromatic carbocycles. The predicted octanol–water partition coefficient (Wildman–Crippen LogP) is 1.17. The summed E-state index contributed by atoms with van der Waals surface area (Å²) in [6.07, 6.45) is 2.50. The molecular weight excluding hydrogens is 304 g/mol. The summed E-state index contributed by atoms with van der Waals surface area (Å²) in [5, 5.41) is 0. The van der Waals surface area contributed by atoms with Crippen LogP contribution in [0.4, 0.5) is 0 Å². The van der Waals surface area contributed by atoms with Crippen LogP contribution in [0.1, 0.15) is 12.8 Å². The third-order valence-electron chi connectivity index (χ3n) is 4.33. The Kier molecular flexibility index (Phi) is 4.29. The third-order valence-corrected chi connectivity index (χ3v) is 6.26. The van der Waals surface area contributed by atoms with Crippen LogP contribution in [-0.4, -0.2) is 64.1 Å².